The van der Waals surface area contributed by atoms with E-state index in [4.69, 9.17) is 38.4 Å². The van der Waals surface area contributed by atoms with Gasteiger partial charge in [0.2, 0.25) is 5.91 Å². The van der Waals surface area contributed by atoms with Crippen LogP contribution >= 0.6 is 23.2 Å². The van der Waals surface area contributed by atoms with E-state index in [0.29, 0.717) is 11.3 Å². The van der Waals surface area contributed by atoms with Crippen molar-refractivity contribution in [1.82, 2.24) is 0 Å². The molecule has 11 heteroatoms. The van der Waals surface area contributed by atoms with E-state index in [1.807, 2.05) is 0 Å². The second kappa shape index (κ2) is 10.5. The summed E-state index contributed by atoms with van der Waals surface area (Å²) in [6.45, 7) is -0.694. The molecule has 0 fully saturated rings. The lowest BCUT2D eigenvalue weighted by atomic mass is 9.99. The third-order valence-electron chi connectivity index (χ3n) is 5.00. The Bertz CT molecular complexity index is 1320. The molecule has 0 saturated carbocycles. The molecule has 0 bridgehead atoms. The van der Waals surface area contributed by atoms with Gasteiger partial charge in [0.1, 0.15) is 12.6 Å². The summed E-state index contributed by atoms with van der Waals surface area (Å²) in [5, 5.41) is 11.6. The first-order chi connectivity index (χ1) is 16.1. The highest BCUT2D eigenvalue weighted by Gasteiger charge is 2.31. The molecule has 0 aliphatic heterocycles. The van der Waals surface area contributed by atoms with E-state index >= 15 is 0 Å². The van der Waals surface area contributed by atoms with E-state index in [1.54, 1.807) is 24.3 Å². The summed E-state index contributed by atoms with van der Waals surface area (Å²) in [6.07, 6.45) is -1.35. The zero-order chi connectivity index (χ0) is 25.0. The van der Waals surface area contributed by atoms with Crippen LogP contribution in [0.4, 0.5) is 5.69 Å². The lowest BCUT2D eigenvalue weighted by Crippen LogP contribution is -2.39. The predicted molar refractivity (Wildman–Crippen MR) is 130 cm³/mol. The quantitative estimate of drug-likeness (QED) is 0.439. The number of sulfonamides is 1. The summed E-state index contributed by atoms with van der Waals surface area (Å²) in [4.78, 5) is 11.7. The predicted octanol–water partition coefficient (Wildman–Crippen LogP) is 3.77. The second-order valence-electron chi connectivity index (χ2n) is 7.12. The fourth-order valence-electron chi connectivity index (χ4n) is 3.38. The van der Waals surface area contributed by atoms with Crippen LogP contribution < -0.4 is 19.5 Å². The summed E-state index contributed by atoms with van der Waals surface area (Å²) < 4.78 is 38.6. The summed E-state index contributed by atoms with van der Waals surface area (Å²) in [6, 6.07) is 14.8. The van der Waals surface area contributed by atoms with Gasteiger partial charge in [0.05, 0.1) is 24.8 Å². The van der Waals surface area contributed by atoms with Gasteiger partial charge in [0.25, 0.3) is 10.0 Å². The van der Waals surface area contributed by atoms with Crippen LogP contribution in [0.3, 0.4) is 0 Å². The van der Waals surface area contributed by atoms with Crippen LogP contribution in [-0.4, -0.2) is 40.2 Å². The number of amides is 1. The van der Waals surface area contributed by atoms with Gasteiger partial charge in [-0.05, 0) is 36.4 Å². The van der Waals surface area contributed by atoms with E-state index in [-0.39, 0.29) is 31.9 Å². The monoisotopic (exact) mass is 524 g/mol. The van der Waals surface area contributed by atoms with Gasteiger partial charge in [-0.2, -0.15) is 0 Å². The smallest absolute Gasteiger partial charge is 0.264 e. The topological polar surface area (TPSA) is 119 Å². The Balaban J connectivity index is 2.21. The number of aliphatic hydroxyl groups is 1. The molecule has 0 saturated heterocycles. The number of aliphatic hydroxyl groups excluding tert-OH is 1. The fourth-order valence-corrected chi connectivity index (χ4v) is 5.27. The van der Waals surface area contributed by atoms with Crippen molar-refractivity contribution in [2.45, 2.75) is 11.0 Å². The molecule has 3 aromatic rings. The largest absolute Gasteiger partial charge is 0.493 e. The molecule has 3 N–H and O–H groups in total. The number of hydrogen-bond donors (Lipinski definition) is 2. The maximum atomic E-state index is 13.7. The Hall–Kier alpha value is -2.98. The SMILES string of the molecule is COc1ccc(S(=O)(=O)N(CC(N)=O)c2ccc(Cl)cc2C(O)c2ccccc2Cl)cc1OC. The molecule has 0 aliphatic rings. The molecule has 0 aliphatic carbocycles. The van der Waals surface area contributed by atoms with Crippen molar-refractivity contribution < 1.29 is 27.8 Å². The molecule has 1 unspecified atom stereocenters. The number of halogens is 2. The third-order valence-corrected chi connectivity index (χ3v) is 7.33. The molecule has 8 nitrogen and oxygen atoms in total. The average Bonchev–Trinajstić information content (AvgIpc) is 2.81. The first-order valence-electron chi connectivity index (χ1n) is 9.85. The van der Waals surface area contributed by atoms with Crippen molar-refractivity contribution in [3.05, 3.63) is 81.8 Å². The van der Waals surface area contributed by atoms with Gasteiger partial charge in [0.15, 0.2) is 11.5 Å². The van der Waals surface area contributed by atoms with E-state index in [2.05, 4.69) is 0 Å². The van der Waals surface area contributed by atoms with Crippen LogP contribution in [0.25, 0.3) is 0 Å². The Labute approximate surface area is 207 Å². The average molecular weight is 525 g/mol. The number of nitrogens with zero attached hydrogens (tertiary/aromatic N) is 1. The van der Waals surface area contributed by atoms with Crippen molar-refractivity contribution in [2.24, 2.45) is 5.73 Å². The number of carbonyl (C=O) groups excluding carboxylic acids is 1. The highest BCUT2D eigenvalue weighted by Crippen LogP contribution is 2.38. The first kappa shape index (κ1) is 25.6. The molecule has 1 amide bonds. The number of primary amides is 1. The van der Waals surface area contributed by atoms with Crippen molar-refractivity contribution in [2.75, 3.05) is 25.1 Å². The number of ether oxygens (including phenoxy) is 2. The molecular weight excluding hydrogens is 503 g/mol. The molecule has 3 rings (SSSR count). The zero-order valence-corrected chi connectivity index (χ0v) is 20.6. The van der Waals surface area contributed by atoms with Crippen LogP contribution in [0, 0.1) is 0 Å². The molecule has 34 heavy (non-hydrogen) atoms. The summed E-state index contributed by atoms with van der Waals surface area (Å²) in [5.74, 6) is -0.406. The standard InChI is InChI=1S/C23H22Cl2N2O6S/c1-32-20-10-8-15(12-21(20)33-2)34(30,31)27(13-22(26)28)19-9-7-14(24)11-17(19)23(29)16-5-3-4-6-18(16)25/h3-12,23,29H,13H2,1-2H3,(H2,26,28). The van der Waals surface area contributed by atoms with Crippen molar-refractivity contribution in [3.63, 3.8) is 0 Å². The molecule has 0 spiro atoms. The van der Waals surface area contributed by atoms with Gasteiger partial charge in [-0.3, -0.25) is 9.10 Å². The van der Waals surface area contributed by atoms with Crippen LogP contribution in [0.5, 0.6) is 11.5 Å². The van der Waals surface area contributed by atoms with Crippen LogP contribution in [-0.2, 0) is 14.8 Å². The van der Waals surface area contributed by atoms with Gasteiger partial charge in [-0.1, -0.05) is 41.4 Å². The minimum Gasteiger partial charge on any atom is -0.493 e. The summed E-state index contributed by atoms with van der Waals surface area (Å²) in [5.41, 5.74) is 5.85. The molecular formula is C23H22Cl2N2O6S. The van der Waals surface area contributed by atoms with Gasteiger partial charge < -0.3 is 20.3 Å². The lowest BCUT2D eigenvalue weighted by Gasteiger charge is -2.28. The number of rotatable bonds is 9. The Morgan fingerprint density at radius 3 is 2.29 bits per heavy atom. The maximum Gasteiger partial charge on any atom is 0.264 e. The van der Waals surface area contributed by atoms with Gasteiger partial charge >= 0.3 is 0 Å². The fraction of sp³-hybridized carbons (Fsp3) is 0.174. The number of methoxy groups -OCH3 is 2. The van der Waals surface area contributed by atoms with E-state index in [1.165, 1.54) is 50.6 Å². The Morgan fingerprint density at radius 2 is 1.68 bits per heavy atom. The summed E-state index contributed by atoms with van der Waals surface area (Å²) in [7, 11) is -1.57. The first-order valence-corrected chi connectivity index (χ1v) is 12.0. The minimum atomic E-state index is -4.36. The van der Waals surface area contributed by atoms with Crippen LogP contribution in [0.1, 0.15) is 17.2 Å². The Kier molecular flexibility index (Phi) is 7.93. The van der Waals surface area contributed by atoms with E-state index in [0.717, 1.165) is 4.31 Å². The normalized spacial score (nSPS) is 12.1. The lowest BCUT2D eigenvalue weighted by molar-refractivity contribution is -0.116. The second-order valence-corrected chi connectivity index (χ2v) is 9.83. The number of carbonyl (C=O) groups is 1. The number of nitrogens with two attached hydrogens (primary N) is 1. The zero-order valence-electron chi connectivity index (χ0n) is 18.2. The number of benzene rings is 3. The third kappa shape index (κ3) is 5.23. The van der Waals surface area contributed by atoms with Crippen molar-refractivity contribution >= 4 is 44.8 Å². The van der Waals surface area contributed by atoms with Crippen LogP contribution in [0.15, 0.2) is 65.6 Å². The van der Waals surface area contributed by atoms with Gasteiger partial charge in [0, 0.05) is 27.2 Å². The molecule has 3 aromatic carbocycles. The van der Waals surface area contributed by atoms with Gasteiger partial charge in [-0.25, -0.2) is 8.42 Å². The highest BCUT2D eigenvalue weighted by atomic mass is 35.5. The highest BCUT2D eigenvalue weighted by molar-refractivity contribution is 7.92. The minimum absolute atomic E-state index is 0.00500. The van der Waals surface area contributed by atoms with Crippen molar-refractivity contribution in [3.8, 4) is 11.5 Å². The number of anilines is 1. The molecule has 1 atom stereocenters. The van der Waals surface area contributed by atoms with E-state index < -0.39 is 28.6 Å². The van der Waals surface area contributed by atoms with Gasteiger partial charge in [-0.15, -0.1) is 0 Å². The Morgan fingerprint density at radius 1 is 1.00 bits per heavy atom. The van der Waals surface area contributed by atoms with Crippen molar-refractivity contribution in [1.29, 1.82) is 0 Å². The van der Waals surface area contributed by atoms with Crippen LogP contribution in [0.2, 0.25) is 10.0 Å². The van der Waals surface area contributed by atoms with E-state index in [9.17, 15) is 18.3 Å². The molecule has 0 radical (unpaired) electrons. The summed E-state index contributed by atoms with van der Waals surface area (Å²) >= 11 is 12.4. The molecule has 0 heterocycles. The number of hydrogen-bond acceptors (Lipinski definition) is 6. The molecule has 0 aromatic heterocycles. The maximum absolute atomic E-state index is 13.7. The molecule has 180 valence electrons.